The number of anilines is 1. The lowest BCUT2D eigenvalue weighted by atomic mass is 10.0. The van der Waals surface area contributed by atoms with Crippen LogP contribution in [0.3, 0.4) is 0 Å². The van der Waals surface area contributed by atoms with Crippen LogP contribution >= 0.6 is 11.6 Å². The van der Waals surface area contributed by atoms with E-state index in [1.807, 2.05) is 17.9 Å². The van der Waals surface area contributed by atoms with Crippen molar-refractivity contribution in [3.8, 4) is 0 Å². The molecule has 2 aliphatic rings. The molecule has 1 aromatic carbocycles. The van der Waals surface area contributed by atoms with Crippen molar-refractivity contribution >= 4 is 39.1 Å². The highest BCUT2D eigenvalue weighted by molar-refractivity contribution is 7.88. The Morgan fingerprint density at radius 2 is 1.88 bits per heavy atom. The monoisotopic (exact) mass is 498 g/mol. The van der Waals surface area contributed by atoms with E-state index in [4.69, 9.17) is 11.6 Å². The van der Waals surface area contributed by atoms with Crippen molar-refractivity contribution in [1.29, 1.82) is 0 Å². The Morgan fingerprint density at radius 3 is 2.48 bits per heavy atom. The molecule has 0 radical (unpaired) electrons. The molecule has 33 heavy (non-hydrogen) atoms. The van der Waals surface area contributed by atoms with Crippen molar-refractivity contribution in [1.82, 2.24) is 14.1 Å². The van der Waals surface area contributed by atoms with Gasteiger partial charge in [-0.1, -0.05) is 24.4 Å². The van der Waals surface area contributed by atoms with E-state index in [2.05, 4.69) is 17.1 Å². The molecule has 8 nitrogen and oxygen atoms in total. The van der Waals surface area contributed by atoms with Crippen LogP contribution in [0.25, 0.3) is 0 Å². The molecule has 0 spiro atoms. The topological polar surface area (TPSA) is 90.0 Å². The van der Waals surface area contributed by atoms with E-state index < -0.39 is 15.9 Å². The number of nitrogens with one attached hydrogen (secondary N) is 1. The van der Waals surface area contributed by atoms with E-state index in [0.717, 1.165) is 67.0 Å². The third-order valence-corrected chi connectivity index (χ3v) is 8.26. The number of nitrogens with zero attached hydrogens (tertiary/aromatic N) is 3. The number of hydrogen-bond donors (Lipinski definition) is 1. The fourth-order valence-electron chi connectivity index (χ4n) is 4.69. The van der Waals surface area contributed by atoms with Crippen LogP contribution in [-0.2, 0) is 26.2 Å². The van der Waals surface area contributed by atoms with Gasteiger partial charge in [-0.15, -0.1) is 0 Å². The molecule has 1 aromatic rings. The molecular formula is C23H35ClN4O4S. The summed E-state index contributed by atoms with van der Waals surface area (Å²) in [6.45, 7) is 6.71. The first-order valence-corrected chi connectivity index (χ1v) is 13.7. The summed E-state index contributed by atoms with van der Waals surface area (Å²) in [5.41, 5.74) is 2.47. The van der Waals surface area contributed by atoms with Gasteiger partial charge in [-0.25, -0.2) is 8.42 Å². The Bertz CT molecular complexity index is 994. The number of piperazine rings is 1. The molecule has 0 bridgehead atoms. The number of hydrogen-bond acceptors (Lipinski definition) is 5. The molecule has 1 aliphatic carbocycles. The second-order valence-electron chi connectivity index (χ2n) is 9.40. The van der Waals surface area contributed by atoms with Gasteiger partial charge in [0, 0.05) is 55.9 Å². The molecule has 3 rings (SSSR count). The molecule has 0 aromatic heterocycles. The van der Waals surface area contributed by atoms with Crippen molar-refractivity contribution in [2.45, 2.75) is 52.1 Å². The second kappa shape index (κ2) is 10.7. The number of carbonyl (C=O) groups is 2. The van der Waals surface area contributed by atoms with E-state index in [0.29, 0.717) is 23.2 Å². The van der Waals surface area contributed by atoms with Crippen molar-refractivity contribution in [2.75, 3.05) is 44.8 Å². The summed E-state index contributed by atoms with van der Waals surface area (Å²) in [4.78, 5) is 29.6. The summed E-state index contributed by atoms with van der Waals surface area (Å²) in [7, 11) is -2.08. The number of carbonyl (C=O) groups excluding carboxylic acids is 2. The maximum absolute atomic E-state index is 12.9. The molecule has 1 N–H and O–H groups in total. The third-order valence-electron chi connectivity index (χ3n) is 6.78. The van der Waals surface area contributed by atoms with Crippen LogP contribution in [0.2, 0.25) is 5.02 Å². The Kier molecular flexibility index (Phi) is 8.42. The summed E-state index contributed by atoms with van der Waals surface area (Å²) in [5, 5.41) is 3.30. The summed E-state index contributed by atoms with van der Waals surface area (Å²) in [5.74, 6) is 0.0802. The van der Waals surface area contributed by atoms with Gasteiger partial charge in [0.25, 0.3) is 0 Å². The zero-order chi connectivity index (χ0) is 24.3. The predicted octanol–water partition coefficient (Wildman–Crippen LogP) is 2.70. The number of rotatable bonds is 7. The van der Waals surface area contributed by atoms with Gasteiger partial charge in [0.05, 0.1) is 12.8 Å². The van der Waals surface area contributed by atoms with Gasteiger partial charge >= 0.3 is 0 Å². The van der Waals surface area contributed by atoms with E-state index in [1.165, 1.54) is 7.05 Å². The third kappa shape index (κ3) is 6.68. The van der Waals surface area contributed by atoms with Crippen molar-refractivity contribution in [3.05, 3.63) is 28.3 Å². The second-order valence-corrected chi connectivity index (χ2v) is 11.9. The Morgan fingerprint density at radius 1 is 1.21 bits per heavy atom. The van der Waals surface area contributed by atoms with Crippen LogP contribution in [0.5, 0.6) is 0 Å². The maximum atomic E-state index is 12.9. The summed E-state index contributed by atoms with van der Waals surface area (Å²) in [6, 6.07) is 3.73. The lowest BCUT2D eigenvalue weighted by molar-refractivity contribution is -0.140. The normalized spacial score (nSPS) is 20.4. The standard InChI is InChI=1S/C23H35ClN4O4S/c1-16-13-27(9-10-28(16)23(30)18-7-5-6-8-18)14-19-11-20(24)12-21(17(19)2)25-22(29)15-26(3)33(4,31)32/h11-12,16,18H,5-10,13-15H2,1-4H3,(H,25,29). The van der Waals surface area contributed by atoms with Gasteiger partial charge in [-0.3, -0.25) is 14.5 Å². The molecule has 2 amide bonds. The molecule has 1 atom stereocenters. The quantitative estimate of drug-likeness (QED) is 0.624. The number of sulfonamides is 1. The van der Waals surface area contributed by atoms with E-state index in [1.54, 1.807) is 6.07 Å². The summed E-state index contributed by atoms with van der Waals surface area (Å²) >= 11 is 6.34. The number of likely N-dealkylation sites (N-methyl/N-ethyl adjacent to an activating group) is 1. The molecule has 1 unspecified atom stereocenters. The highest BCUT2D eigenvalue weighted by Gasteiger charge is 2.33. The smallest absolute Gasteiger partial charge is 0.239 e. The van der Waals surface area contributed by atoms with Crippen molar-refractivity contribution in [2.24, 2.45) is 5.92 Å². The van der Waals surface area contributed by atoms with Crippen LogP contribution in [0.4, 0.5) is 5.69 Å². The largest absolute Gasteiger partial charge is 0.337 e. The fourth-order valence-corrected chi connectivity index (χ4v) is 5.28. The van der Waals surface area contributed by atoms with E-state index in [-0.39, 0.29) is 18.5 Å². The molecular weight excluding hydrogens is 464 g/mol. The molecule has 184 valence electrons. The van der Waals surface area contributed by atoms with Crippen molar-refractivity contribution in [3.63, 3.8) is 0 Å². The van der Waals surface area contributed by atoms with Crippen LogP contribution in [0, 0.1) is 12.8 Å². The number of halogens is 1. The minimum atomic E-state index is -3.45. The van der Waals surface area contributed by atoms with Gasteiger partial charge in [0.2, 0.25) is 21.8 Å². The van der Waals surface area contributed by atoms with E-state index >= 15 is 0 Å². The molecule has 1 saturated heterocycles. The molecule has 2 fully saturated rings. The highest BCUT2D eigenvalue weighted by atomic mass is 35.5. The Hall–Kier alpha value is -1.68. The number of benzene rings is 1. The van der Waals surface area contributed by atoms with Crippen LogP contribution < -0.4 is 5.32 Å². The zero-order valence-electron chi connectivity index (χ0n) is 19.9. The SMILES string of the molecule is Cc1c(CN2CCN(C(=O)C3CCCC3)C(C)C2)cc(Cl)cc1NC(=O)CN(C)S(C)(=O)=O. The first-order valence-electron chi connectivity index (χ1n) is 11.5. The van der Waals surface area contributed by atoms with E-state index in [9.17, 15) is 18.0 Å². The number of amides is 2. The summed E-state index contributed by atoms with van der Waals surface area (Å²) in [6.07, 6.45) is 5.40. The van der Waals surface area contributed by atoms with Crippen LogP contribution in [0.15, 0.2) is 12.1 Å². The average molecular weight is 499 g/mol. The average Bonchev–Trinajstić information content (AvgIpc) is 3.25. The van der Waals surface area contributed by atoms with Gasteiger partial charge in [-0.2, -0.15) is 4.31 Å². The van der Waals surface area contributed by atoms with Crippen LogP contribution in [0.1, 0.15) is 43.7 Å². The zero-order valence-corrected chi connectivity index (χ0v) is 21.5. The fraction of sp³-hybridized carbons (Fsp3) is 0.652. The highest BCUT2D eigenvalue weighted by Crippen LogP contribution is 2.29. The minimum Gasteiger partial charge on any atom is -0.337 e. The van der Waals surface area contributed by atoms with Crippen molar-refractivity contribution < 1.29 is 18.0 Å². The minimum absolute atomic E-state index is 0.150. The first kappa shape index (κ1) is 25.9. The molecule has 1 aliphatic heterocycles. The maximum Gasteiger partial charge on any atom is 0.239 e. The molecule has 1 heterocycles. The molecule has 1 saturated carbocycles. The lowest BCUT2D eigenvalue weighted by Crippen LogP contribution is -2.54. The van der Waals surface area contributed by atoms with Crippen LogP contribution in [-0.4, -0.2) is 79.9 Å². The predicted molar refractivity (Wildman–Crippen MR) is 131 cm³/mol. The Balaban J connectivity index is 1.64. The van der Waals surface area contributed by atoms with Gasteiger partial charge in [0.1, 0.15) is 0 Å². The lowest BCUT2D eigenvalue weighted by Gasteiger charge is -2.41. The first-order chi connectivity index (χ1) is 15.5. The van der Waals surface area contributed by atoms with Gasteiger partial charge in [0.15, 0.2) is 0 Å². The molecule has 10 heteroatoms. The van der Waals surface area contributed by atoms with Gasteiger partial charge in [-0.05, 0) is 49.9 Å². The summed E-state index contributed by atoms with van der Waals surface area (Å²) < 4.78 is 24.2. The Labute approximate surface area is 202 Å². The van der Waals surface area contributed by atoms with Gasteiger partial charge < -0.3 is 10.2 Å².